The Morgan fingerprint density at radius 3 is 2.33 bits per heavy atom. The molecule has 54 valence electrons. The van der Waals surface area contributed by atoms with Crippen LogP contribution in [0.4, 0.5) is 0 Å². The van der Waals surface area contributed by atoms with Crippen LogP contribution in [0.1, 0.15) is 25.7 Å². The number of hydrogen-bond donors (Lipinski definition) is 1. The van der Waals surface area contributed by atoms with Gasteiger partial charge in [0.1, 0.15) is 0 Å². The van der Waals surface area contributed by atoms with Crippen LogP contribution in [0.15, 0.2) is 5.18 Å². The van der Waals surface area contributed by atoms with Crippen molar-refractivity contribution in [2.75, 3.05) is 12.3 Å². The molecule has 0 spiro atoms. The highest BCUT2D eigenvalue weighted by Crippen LogP contribution is 2.00. The second-order valence-corrected chi connectivity index (χ2v) is 2.44. The summed E-state index contributed by atoms with van der Waals surface area (Å²) < 4.78 is 0. The Bertz CT molecular complexity index is 68.1. The van der Waals surface area contributed by atoms with E-state index < -0.39 is 0 Å². The molecule has 0 amide bonds. The van der Waals surface area contributed by atoms with Gasteiger partial charge in [-0.2, -0.15) is 17.5 Å². The van der Waals surface area contributed by atoms with Gasteiger partial charge in [-0.05, 0) is 18.6 Å². The molecule has 0 aliphatic carbocycles. The van der Waals surface area contributed by atoms with Crippen LogP contribution in [0.5, 0.6) is 0 Å². The highest BCUT2D eigenvalue weighted by atomic mass is 32.1. The zero-order chi connectivity index (χ0) is 6.95. The van der Waals surface area contributed by atoms with E-state index in [-0.39, 0.29) is 0 Å². The first-order valence-electron chi connectivity index (χ1n) is 3.32. The number of hydrogen-bond acceptors (Lipinski definition) is 3. The van der Waals surface area contributed by atoms with Crippen molar-refractivity contribution < 1.29 is 0 Å². The quantitative estimate of drug-likeness (QED) is 0.348. The third kappa shape index (κ3) is 7.95. The molecule has 0 aromatic heterocycles. The smallest absolute Gasteiger partial charge is 0.0811 e. The van der Waals surface area contributed by atoms with Gasteiger partial charge in [-0.15, -0.1) is 0 Å². The van der Waals surface area contributed by atoms with Gasteiger partial charge in [0.25, 0.3) is 0 Å². The topological polar surface area (TPSA) is 29.4 Å². The van der Waals surface area contributed by atoms with Crippen LogP contribution in [-0.4, -0.2) is 12.3 Å². The second-order valence-electron chi connectivity index (χ2n) is 1.99. The first-order valence-corrected chi connectivity index (χ1v) is 3.95. The SMILES string of the molecule is O=NCCCCCCS. The molecular formula is C6H13NOS. The minimum Gasteiger partial charge on any atom is -0.179 e. The molecule has 0 fully saturated rings. The Labute approximate surface area is 61.4 Å². The van der Waals surface area contributed by atoms with Crippen molar-refractivity contribution in [1.82, 2.24) is 0 Å². The Morgan fingerprint density at radius 2 is 1.78 bits per heavy atom. The predicted octanol–water partition coefficient (Wildman–Crippen LogP) is 2.24. The first kappa shape index (κ1) is 8.95. The van der Waals surface area contributed by atoms with Crippen molar-refractivity contribution in [3.8, 4) is 0 Å². The van der Waals surface area contributed by atoms with E-state index in [1.807, 2.05) is 0 Å². The van der Waals surface area contributed by atoms with Gasteiger partial charge < -0.3 is 0 Å². The van der Waals surface area contributed by atoms with Crippen LogP contribution in [0.3, 0.4) is 0 Å². The molecular weight excluding hydrogens is 134 g/mol. The molecule has 0 saturated heterocycles. The van der Waals surface area contributed by atoms with Crippen LogP contribution in [0, 0.1) is 4.91 Å². The van der Waals surface area contributed by atoms with Gasteiger partial charge in [0.15, 0.2) is 0 Å². The zero-order valence-electron chi connectivity index (χ0n) is 5.55. The van der Waals surface area contributed by atoms with E-state index in [9.17, 15) is 4.91 Å². The average molecular weight is 147 g/mol. The fourth-order valence-corrected chi connectivity index (χ4v) is 0.865. The van der Waals surface area contributed by atoms with Gasteiger partial charge in [-0.25, -0.2) is 0 Å². The molecule has 0 radical (unpaired) electrons. The maximum absolute atomic E-state index is 9.57. The van der Waals surface area contributed by atoms with E-state index in [4.69, 9.17) is 0 Å². The molecule has 0 N–H and O–H groups in total. The predicted molar refractivity (Wildman–Crippen MR) is 43.0 cm³/mol. The maximum atomic E-state index is 9.57. The summed E-state index contributed by atoms with van der Waals surface area (Å²) in [6.45, 7) is 0.479. The summed E-state index contributed by atoms with van der Waals surface area (Å²) in [5, 5.41) is 2.76. The normalized spacial score (nSPS) is 9.44. The van der Waals surface area contributed by atoms with E-state index in [1.165, 1.54) is 6.42 Å². The number of nitrogens with zero attached hydrogens (tertiary/aromatic N) is 1. The van der Waals surface area contributed by atoms with E-state index >= 15 is 0 Å². The molecule has 0 saturated carbocycles. The lowest BCUT2D eigenvalue weighted by Crippen LogP contribution is -1.81. The van der Waals surface area contributed by atoms with Gasteiger partial charge in [-0.3, -0.25) is 0 Å². The number of rotatable bonds is 6. The average Bonchev–Trinajstić information content (AvgIpc) is 1.89. The zero-order valence-corrected chi connectivity index (χ0v) is 6.44. The molecule has 3 heteroatoms. The van der Waals surface area contributed by atoms with E-state index in [0.717, 1.165) is 25.0 Å². The van der Waals surface area contributed by atoms with E-state index in [1.54, 1.807) is 0 Å². The molecule has 0 unspecified atom stereocenters. The highest BCUT2D eigenvalue weighted by Gasteiger charge is 1.86. The van der Waals surface area contributed by atoms with Crippen molar-refractivity contribution in [3.63, 3.8) is 0 Å². The molecule has 0 rings (SSSR count). The molecule has 0 aliphatic heterocycles. The Morgan fingerprint density at radius 1 is 1.11 bits per heavy atom. The Hall–Kier alpha value is -0.0500. The summed E-state index contributed by atoms with van der Waals surface area (Å²) in [6, 6.07) is 0. The van der Waals surface area contributed by atoms with Crippen LogP contribution in [0.25, 0.3) is 0 Å². The Kier molecular flexibility index (Phi) is 7.91. The lowest BCUT2D eigenvalue weighted by Gasteiger charge is -1.92. The highest BCUT2D eigenvalue weighted by molar-refractivity contribution is 7.80. The molecule has 0 aromatic rings. The third-order valence-corrected chi connectivity index (χ3v) is 1.47. The minimum atomic E-state index is 0.479. The third-order valence-electron chi connectivity index (χ3n) is 1.16. The molecule has 0 heterocycles. The van der Waals surface area contributed by atoms with E-state index in [0.29, 0.717) is 6.54 Å². The Balaban J connectivity index is 2.66. The second kappa shape index (κ2) is 7.95. The van der Waals surface area contributed by atoms with Crippen molar-refractivity contribution >= 4 is 12.6 Å². The van der Waals surface area contributed by atoms with Crippen molar-refractivity contribution in [2.24, 2.45) is 5.18 Å². The lowest BCUT2D eigenvalue weighted by molar-refractivity contribution is 0.678. The van der Waals surface area contributed by atoms with Gasteiger partial charge in [-0.1, -0.05) is 18.0 Å². The molecule has 0 aliphatic rings. The maximum Gasteiger partial charge on any atom is 0.0811 e. The number of thiol groups is 1. The summed E-state index contributed by atoms with van der Waals surface area (Å²) in [6.07, 6.45) is 4.39. The van der Waals surface area contributed by atoms with Crippen molar-refractivity contribution in [1.29, 1.82) is 0 Å². The van der Waals surface area contributed by atoms with Crippen LogP contribution in [-0.2, 0) is 0 Å². The summed E-state index contributed by atoms with van der Waals surface area (Å²) in [5.74, 6) is 0.953. The molecule has 2 nitrogen and oxygen atoms in total. The van der Waals surface area contributed by atoms with E-state index in [2.05, 4.69) is 17.8 Å². The summed E-state index contributed by atoms with van der Waals surface area (Å²) >= 11 is 4.06. The first-order chi connectivity index (χ1) is 4.41. The molecule has 9 heavy (non-hydrogen) atoms. The fraction of sp³-hybridized carbons (Fsp3) is 1.00. The molecule has 0 bridgehead atoms. The largest absolute Gasteiger partial charge is 0.179 e. The van der Waals surface area contributed by atoms with Gasteiger partial charge in [0, 0.05) is 0 Å². The lowest BCUT2D eigenvalue weighted by atomic mass is 10.2. The fourth-order valence-electron chi connectivity index (χ4n) is 0.642. The van der Waals surface area contributed by atoms with Crippen molar-refractivity contribution in [3.05, 3.63) is 4.91 Å². The van der Waals surface area contributed by atoms with Crippen LogP contribution in [0.2, 0.25) is 0 Å². The standard InChI is InChI=1S/C6H13NOS/c8-7-5-3-1-2-4-6-9/h9H,1-6H2. The summed E-state index contributed by atoms with van der Waals surface area (Å²) in [5.41, 5.74) is 0. The van der Waals surface area contributed by atoms with Gasteiger partial charge >= 0.3 is 0 Å². The molecule has 0 aromatic carbocycles. The van der Waals surface area contributed by atoms with Crippen LogP contribution >= 0.6 is 12.6 Å². The number of unbranched alkanes of at least 4 members (excludes halogenated alkanes) is 3. The van der Waals surface area contributed by atoms with Crippen molar-refractivity contribution in [2.45, 2.75) is 25.7 Å². The summed E-state index contributed by atoms with van der Waals surface area (Å²) in [4.78, 5) is 9.57. The van der Waals surface area contributed by atoms with Crippen LogP contribution < -0.4 is 0 Å². The summed E-state index contributed by atoms with van der Waals surface area (Å²) in [7, 11) is 0. The van der Waals surface area contributed by atoms with Gasteiger partial charge in [0.05, 0.1) is 6.54 Å². The molecule has 0 atom stereocenters. The number of nitroso groups, excluding NO2 is 1. The minimum absolute atomic E-state index is 0.479. The monoisotopic (exact) mass is 147 g/mol. The van der Waals surface area contributed by atoms with Gasteiger partial charge in [0.2, 0.25) is 0 Å².